The molecule has 148 valence electrons. The van der Waals surface area contributed by atoms with Gasteiger partial charge in [0.2, 0.25) is 0 Å². The van der Waals surface area contributed by atoms with Crippen molar-refractivity contribution in [3.05, 3.63) is 57.8 Å². The number of nitrogens with one attached hydrogen (secondary N) is 2. The van der Waals surface area contributed by atoms with E-state index in [-0.39, 0.29) is 24.0 Å². The van der Waals surface area contributed by atoms with Gasteiger partial charge in [-0.15, -0.1) is 35.3 Å². The van der Waals surface area contributed by atoms with Crippen LogP contribution in [0.25, 0.3) is 0 Å². The van der Waals surface area contributed by atoms with Crippen LogP contribution in [0.3, 0.4) is 0 Å². The maximum atomic E-state index is 10.4. The first kappa shape index (κ1) is 22.1. The molecule has 1 aromatic carbocycles. The third-order valence-electron chi connectivity index (χ3n) is 4.50. The first-order valence-electron chi connectivity index (χ1n) is 9.26. The van der Waals surface area contributed by atoms with Gasteiger partial charge in [0, 0.05) is 37.6 Å². The van der Waals surface area contributed by atoms with Crippen LogP contribution >= 0.6 is 35.3 Å². The molecule has 0 bridgehead atoms. The normalized spacial score (nSPS) is 15.6. The fourth-order valence-electron chi connectivity index (χ4n) is 3.19. The average Bonchev–Trinajstić information content (AvgIpc) is 3.17. The Hall–Kier alpha value is -1.16. The van der Waals surface area contributed by atoms with E-state index in [0.29, 0.717) is 19.6 Å². The molecule has 1 atom stereocenters. The van der Waals surface area contributed by atoms with Gasteiger partial charge in [-0.3, -0.25) is 4.90 Å². The summed E-state index contributed by atoms with van der Waals surface area (Å²) < 4.78 is 0. The molecule has 1 aliphatic heterocycles. The summed E-state index contributed by atoms with van der Waals surface area (Å²) in [6.07, 6.45) is 0.632. The monoisotopic (exact) mass is 500 g/mol. The van der Waals surface area contributed by atoms with Crippen LogP contribution in [0.5, 0.6) is 0 Å². The number of aliphatic imine (C=N–C) groups is 1. The van der Waals surface area contributed by atoms with E-state index in [9.17, 15) is 5.11 Å². The Morgan fingerprint density at radius 3 is 2.78 bits per heavy atom. The molecule has 3 N–H and O–H groups in total. The number of hydrogen-bond donors (Lipinski definition) is 3. The molecule has 2 aromatic rings. The zero-order valence-electron chi connectivity index (χ0n) is 15.7. The quantitative estimate of drug-likeness (QED) is 0.311. The van der Waals surface area contributed by atoms with Crippen LogP contribution in [0.4, 0.5) is 0 Å². The molecule has 0 saturated heterocycles. The molecular weight excluding hydrogens is 471 g/mol. The second-order valence-corrected chi connectivity index (χ2v) is 7.60. The molecule has 0 saturated carbocycles. The summed E-state index contributed by atoms with van der Waals surface area (Å²) in [5.41, 5.74) is 2.82. The number of aliphatic hydroxyl groups excluding tert-OH is 1. The molecule has 27 heavy (non-hydrogen) atoms. The smallest absolute Gasteiger partial charge is 0.191 e. The number of nitrogens with zero attached hydrogens (tertiary/aromatic N) is 2. The van der Waals surface area contributed by atoms with E-state index in [2.05, 4.69) is 56.2 Å². The van der Waals surface area contributed by atoms with Crippen LogP contribution in [0, 0.1) is 0 Å². The van der Waals surface area contributed by atoms with Crippen molar-refractivity contribution >= 4 is 41.3 Å². The second-order valence-electron chi connectivity index (χ2n) is 6.56. The molecule has 1 aliphatic rings. The first-order chi connectivity index (χ1) is 12.7. The third-order valence-corrected chi connectivity index (χ3v) is 5.36. The van der Waals surface area contributed by atoms with Gasteiger partial charge >= 0.3 is 0 Å². The lowest BCUT2D eigenvalue weighted by Crippen LogP contribution is -2.45. The molecule has 7 heteroatoms. The summed E-state index contributed by atoms with van der Waals surface area (Å²) >= 11 is 1.71. The van der Waals surface area contributed by atoms with Gasteiger partial charge in [-0.25, -0.2) is 4.99 Å². The number of aliphatic hydroxyl groups is 1. The number of guanidine groups is 1. The number of thiophene rings is 1. The molecule has 2 heterocycles. The number of β-amino-alcohol motifs (C(OH)–C–C–N with tert-alkyl or cyclic N) is 1. The summed E-state index contributed by atoms with van der Waals surface area (Å²) in [6, 6.07) is 12.7. The SMILES string of the molecule is CCNC(=NCc1cccs1)NCC(O)CN1CCc2ccccc2C1.I. The van der Waals surface area contributed by atoms with Crippen LogP contribution in [-0.4, -0.2) is 48.2 Å². The summed E-state index contributed by atoms with van der Waals surface area (Å²) in [4.78, 5) is 8.14. The third kappa shape index (κ3) is 7.06. The van der Waals surface area contributed by atoms with Gasteiger partial charge in [-0.05, 0) is 35.9 Å². The van der Waals surface area contributed by atoms with E-state index in [1.54, 1.807) is 11.3 Å². The minimum atomic E-state index is -0.425. The highest BCUT2D eigenvalue weighted by Crippen LogP contribution is 2.18. The number of fused-ring (bicyclic) bond motifs is 1. The lowest BCUT2D eigenvalue weighted by molar-refractivity contribution is 0.108. The van der Waals surface area contributed by atoms with Gasteiger partial charge in [-0.2, -0.15) is 0 Å². The molecule has 1 aromatic heterocycles. The highest BCUT2D eigenvalue weighted by atomic mass is 127. The van der Waals surface area contributed by atoms with E-state index < -0.39 is 6.10 Å². The van der Waals surface area contributed by atoms with E-state index in [4.69, 9.17) is 0 Å². The number of halogens is 1. The van der Waals surface area contributed by atoms with E-state index in [0.717, 1.165) is 32.0 Å². The van der Waals surface area contributed by atoms with Gasteiger partial charge < -0.3 is 15.7 Å². The molecule has 0 amide bonds. The topological polar surface area (TPSA) is 59.9 Å². The zero-order valence-corrected chi connectivity index (χ0v) is 18.9. The summed E-state index contributed by atoms with van der Waals surface area (Å²) in [7, 11) is 0. The van der Waals surface area contributed by atoms with Crippen molar-refractivity contribution in [1.82, 2.24) is 15.5 Å². The van der Waals surface area contributed by atoms with Gasteiger partial charge in [0.1, 0.15) is 0 Å². The molecule has 0 aliphatic carbocycles. The summed E-state index contributed by atoms with van der Waals surface area (Å²) in [5, 5.41) is 19.0. The number of hydrogen-bond acceptors (Lipinski definition) is 4. The number of rotatable bonds is 7. The average molecular weight is 500 g/mol. The predicted molar refractivity (Wildman–Crippen MR) is 124 cm³/mol. The molecule has 1 unspecified atom stereocenters. The maximum Gasteiger partial charge on any atom is 0.191 e. The Kier molecular flexibility index (Phi) is 9.53. The van der Waals surface area contributed by atoms with Crippen molar-refractivity contribution in [3.8, 4) is 0 Å². The van der Waals surface area contributed by atoms with Crippen LogP contribution in [0.2, 0.25) is 0 Å². The predicted octanol–water partition coefficient (Wildman–Crippen LogP) is 2.84. The van der Waals surface area contributed by atoms with Crippen LogP contribution in [0.1, 0.15) is 22.9 Å². The Bertz CT molecular complexity index is 708. The van der Waals surface area contributed by atoms with Crippen molar-refractivity contribution in [3.63, 3.8) is 0 Å². The van der Waals surface area contributed by atoms with Crippen molar-refractivity contribution in [2.24, 2.45) is 4.99 Å². The highest BCUT2D eigenvalue weighted by Gasteiger charge is 2.18. The maximum absolute atomic E-state index is 10.4. The Morgan fingerprint density at radius 2 is 2.04 bits per heavy atom. The van der Waals surface area contributed by atoms with Crippen LogP contribution in [0.15, 0.2) is 46.8 Å². The van der Waals surface area contributed by atoms with Gasteiger partial charge in [0.05, 0.1) is 12.6 Å². The molecular formula is C20H29IN4OS. The highest BCUT2D eigenvalue weighted by molar-refractivity contribution is 14.0. The van der Waals surface area contributed by atoms with Crippen LogP contribution < -0.4 is 10.6 Å². The lowest BCUT2D eigenvalue weighted by Gasteiger charge is -2.30. The lowest BCUT2D eigenvalue weighted by atomic mass is 10.00. The van der Waals surface area contributed by atoms with Crippen molar-refractivity contribution in [2.75, 3.05) is 26.2 Å². The molecule has 0 spiro atoms. The standard InChI is InChI=1S/C20H28N4OS.HI/c1-2-21-20(23-13-19-8-5-11-26-19)22-12-18(25)15-24-10-9-16-6-3-4-7-17(16)14-24;/h3-8,11,18,25H,2,9-10,12-15H2,1H3,(H2,21,22,23);1H. The number of benzene rings is 1. The van der Waals surface area contributed by atoms with Gasteiger partial charge in [0.15, 0.2) is 5.96 Å². The Morgan fingerprint density at radius 1 is 1.22 bits per heavy atom. The van der Waals surface area contributed by atoms with Crippen molar-refractivity contribution < 1.29 is 5.11 Å². The van der Waals surface area contributed by atoms with Gasteiger partial charge in [-0.1, -0.05) is 30.3 Å². The molecule has 0 fully saturated rings. The molecule has 5 nitrogen and oxygen atoms in total. The van der Waals surface area contributed by atoms with Crippen molar-refractivity contribution in [2.45, 2.75) is 32.5 Å². The summed E-state index contributed by atoms with van der Waals surface area (Å²) in [5.74, 6) is 0.754. The Labute approximate surface area is 182 Å². The Balaban J connectivity index is 0.00000261. The minimum absolute atomic E-state index is 0. The minimum Gasteiger partial charge on any atom is -0.390 e. The fraction of sp³-hybridized carbons (Fsp3) is 0.450. The molecule has 3 rings (SSSR count). The summed E-state index contributed by atoms with van der Waals surface area (Å²) in [6.45, 7) is 6.59. The van der Waals surface area contributed by atoms with E-state index >= 15 is 0 Å². The zero-order chi connectivity index (χ0) is 18.2. The first-order valence-corrected chi connectivity index (χ1v) is 10.1. The second kappa shape index (κ2) is 11.6. The largest absolute Gasteiger partial charge is 0.390 e. The fourth-order valence-corrected chi connectivity index (χ4v) is 3.82. The van der Waals surface area contributed by atoms with E-state index in [1.807, 2.05) is 13.0 Å². The van der Waals surface area contributed by atoms with Crippen LogP contribution in [-0.2, 0) is 19.5 Å². The van der Waals surface area contributed by atoms with Gasteiger partial charge in [0.25, 0.3) is 0 Å². The van der Waals surface area contributed by atoms with Crippen molar-refractivity contribution in [1.29, 1.82) is 0 Å². The van der Waals surface area contributed by atoms with E-state index in [1.165, 1.54) is 16.0 Å². The molecule has 0 radical (unpaired) electrons.